The van der Waals surface area contributed by atoms with Crippen LogP contribution in [-0.4, -0.2) is 48.6 Å². The number of rotatable bonds is 10. The molecular formula is C34H33F3N4O5S. The van der Waals surface area contributed by atoms with E-state index in [0.717, 1.165) is 43.4 Å². The Bertz CT molecular complexity index is 1830. The standard InChI is InChI=1S/C34H33F3N4O5S/c1-22-19-30(45-26-11-12-26)29(40-47(43,44)21-23-5-3-2-4-6-23)20-28(22)33(42)41-17-15-25(16-18-41)24-7-9-27(10-8-24)46-32-14-13-31(38-39-32)34(35,36)37/h2-10,13-14,19-20,25-26,40H,11-12,15-18,21H2,1H3. The fourth-order valence-corrected chi connectivity index (χ4v) is 6.69. The molecule has 3 aromatic carbocycles. The van der Waals surface area contributed by atoms with Crippen LogP contribution in [0.4, 0.5) is 18.9 Å². The van der Waals surface area contributed by atoms with Crippen molar-refractivity contribution in [2.75, 3.05) is 17.8 Å². The van der Waals surface area contributed by atoms with Crippen LogP contribution in [0, 0.1) is 6.92 Å². The predicted molar refractivity (Wildman–Crippen MR) is 169 cm³/mol. The minimum Gasteiger partial charge on any atom is -0.488 e. The lowest BCUT2D eigenvalue weighted by molar-refractivity contribution is -0.141. The van der Waals surface area contributed by atoms with E-state index in [2.05, 4.69) is 14.9 Å². The number of benzene rings is 3. The first kappa shape index (κ1) is 32.3. The van der Waals surface area contributed by atoms with Crippen molar-refractivity contribution in [1.29, 1.82) is 0 Å². The van der Waals surface area contributed by atoms with E-state index in [4.69, 9.17) is 9.47 Å². The molecule has 1 aliphatic carbocycles. The van der Waals surface area contributed by atoms with Gasteiger partial charge in [0.25, 0.3) is 5.91 Å². The van der Waals surface area contributed by atoms with Gasteiger partial charge >= 0.3 is 6.18 Å². The SMILES string of the molecule is Cc1cc(OC2CC2)c(NS(=O)(=O)Cc2ccccc2)cc1C(=O)N1CCC(c2ccc(Oc3ccc(C(F)(F)F)nn3)cc2)CC1. The Balaban J connectivity index is 1.10. The summed E-state index contributed by atoms with van der Waals surface area (Å²) in [5.41, 5.74) is 1.97. The number of carbonyl (C=O) groups is 1. The molecule has 0 bridgehead atoms. The smallest absolute Gasteiger partial charge is 0.435 e. The lowest BCUT2D eigenvalue weighted by atomic mass is 9.89. The molecule has 2 heterocycles. The van der Waals surface area contributed by atoms with Gasteiger partial charge in [-0.1, -0.05) is 42.5 Å². The second-order valence-electron chi connectivity index (χ2n) is 11.8. The van der Waals surface area contributed by atoms with Gasteiger partial charge in [0.05, 0.1) is 17.5 Å². The summed E-state index contributed by atoms with van der Waals surface area (Å²) in [6, 6.07) is 21.4. The quantitative estimate of drug-likeness (QED) is 0.192. The zero-order chi connectivity index (χ0) is 33.2. The normalized spacial score (nSPS) is 15.7. The van der Waals surface area contributed by atoms with Gasteiger partial charge in [-0.15, -0.1) is 10.2 Å². The zero-order valence-corrected chi connectivity index (χ0v) is 26.4. The van der Waals surface area contributed by atoms with Crippen molar-refractivity contribution in [3.63, 3.8) is 0 Å². The third kappa shape index (κ3) is 8.20. The maximum atomic E-state index is 13.7. The fourth-order valence-electron chi connectivity index (χ4n) is 5.49. The number of hydrogen-bond acceptors (Lipinski definition) is 7. The molecule has 13 heteroatoms. The highest BCUT2D eigenvalue weighted by Gasteiger charge is 2.33. The fraction of sp³-hybridized carbons (Fsp3) is 0.324. The molecule has 2 aliphatic rings. The van der Waals surface area contributed by atoms with E-state index < -0.39 is 21.9 Å². The number of alkyl halides is 3. The number of halogens is 3. The Morgan fingerprint density at radius 3 is 2.26 bits per heavy atom. The molecule has 1 N–H and O–H groups in total. The van der Waals surface area contributed by atoms with Gasteiger partial charge in [0, 0.05) is 24.7 Å². The average Bonchev–Trinajstić information content (AvgIpc) is 3.87. The molecule has 1 saturated heterocycles. The maximum Gasteiger partial charge on any atom is 0.435 e. The van der Waals surface area contributed by atoms with Crippen LogP contribution in [0.1, 0.15) is 64.3 Å². The van der Waals surface area contributed by atoms with Gasteiger partial charge < -0.3 is 14.4 Å². The molecule has 1 amide bonds. The van der Waals surface area contributed by atoms with E-state index in [9.17, 15) is 26.4 Å². The molecule has 47 heavy (non-hydrogen) atoms. The second kappa shape index (κ2) is 13.2. The van der Waals surface area contributed by atoms with Gasteiger partial charge in [-0.2, -0.15) is 13.2 Å². The minimum atomic E-state index is -4.58. The van der Waals surface area contributed by atoms with Crippen LogP contribution in [0.2, 0.25) is 0 Å². The van der Waals surface area contributed by atoms with Gasteiger partial charge in [-0.3, -0.25) is 9.52 Å². The van der Waals surface area contributed by atoms with Gasteiger partial charge in [-0.25, -0.2) is 8.42 Å². The minimum absolute atomic E-state index is 0.0338. The first-order valence-corrected chi connectivity index (χ1v) is 16.9. The number of carbonyl (C=O) groups excluding carboxylic acids is 1. The number of ether oxygens (including phenoxy) is 2. The van der Waals surface area contributed by atoms with Crippen molar-refractivity contribution >= 4 is 21.6 Å². The number of amides is 1. The molecule has 6 rings (SSSR count). The molecule has 246 valence electrons. The van der Waals surface area contributed by atoms with Crippen molar-refractivity contribution in [2.24, 2.45) is 0 Å². The lowest BCUT2D eigenvalue weighted by Gasteiger charge is -2.33. The van der Waals surface area contributed by atoms with Gasteiger partial charge in [-0.05, 0) is 85.5 Å². The Morgan fingerprint density at radius 2 is 1.64 bits per heavy atom. The topological polar surface area (TPSA) is 111 Å². The van der Waals surface area contributed by atoms with Crippen LogP contribution >= 0.6 is 0 Å². The summed E-state index contributed by atoms with van der Waals surface area (Å²) in [6.45, 7) is 2.84. The second-order valence-corrected chi connectivity index (χ2v) is 13.5. The zero-order valence-electron chi connectivity index (χ0n) is 25.5. The largest absolute Gasteiger partial charge is 0.488 e. The average molecular weight is 667 g/mol. The van der Waals surface area contributed by atoms with E-state index >= 15 is 0 Å². The molecule has 1 saturated carbocycles. The third-order valence-electron chi connectivity index (χ3n) is 8.13. The Hall–Kier alpha value is -4.65. The number of anilines is 1. The number of piperidine rings is 1. The number of nitrogens with one attached hydrogen (secondary N) is 1. The van der Waals surface area contributed by atoms with Crippen molar-refractivity contribution in [3.8, 4) is 17.4 Å². The number of nitrogens with zero attached hydrogens (tertiary/aromatic N) is 3. The van der Waals surface area contributed by atoms with Crippen LogP contribution in [-0.2, 0) is 22.0 Å². The highest BCUT2D eigenvalue weighted by Crippen LogP contribution is 2.37. The molecule has 0 atom stereocenters. The molecule has 0 radical (unpaired) electrons. The molecule has 0 spiro atoms. The van der Waals surface area contributed by atoms with E-state index in [1.807, 2.05) is 25.1 Å². The summed E-state index contributed by atoms with van der Waals surface area (Å²) in [6.07, 6.45) is -1.31. The number of hydrogen-bond donors (Lipinski definition) is 1. The highest BCUT2D eigenvalue weighted by molar-refractivity contribution is 7.91. The summed E-state index contributed by atoms with van der Waals surface area (Å²) < 4.78 is 78.7. The molecular weight excluding hydrogens is 633 g/mol. The monoisotopic (exact) mass is 666 g/mol. The van der Waals surface area contributed by atoms with E-state index in [-0.39, 0.29) is 35.2 Å². The Kier molecular flexibility index (Phi) is 9.09. The van der Waals surface area contributed by atoms with Crippen molar-refractivity contribution in [2.45, 2.75) is 56.6 Å². The third-order valence-corrected chi connectivity index (χ3v) is 9.37. The maximum absolute atomic E-state index is 13.7. The molecule has 9 nitrogen and oxygen atoms in total. The molecule has 1 aromatic heterocycles. The van der Waals surface area contributed by atoms with Crippen molar-refractivity contribution < 1.29 is 35.9 Å². The summed E-state index contributed by atoms with van der Waals surface area (Å²) in [7, 11) is -3.78. The number of aryl methyl sites for hydroxylation is 1. The van der Waals surface area contributed by atoms with Crippen LogP contribution in [0.3, 0.4) is 0 Å². The van der Waals surface area contributed by atoms with E-state index in [1.54, 1.807) is 53.4 Å². The van der Waals surface area contributed by atoms with Gasteiger partial charge in [0.15, 0.2) is 5.69 Å². The van der Waals surface area contributed by atoms with Crippen LogP contribution < -0.4 is 14.2 Å². The summed E-state index contributed by atoms with van der Waals surface area (Å²) in [5.74, 6) is 0.577. The first-order valence-electron chi connectivity index (χ1n) is 15.3. The Morgan fingerprint density at radius 1 is 0.936 bits per heavy atom. The summed E-state index contributed by atoms with van der Waals surface area (Å²) >= 11 is 0. The molecule has 4 aromatic rings. The number of aromatic nitrogens is 2. The molecule has 0 unspecified atom stereocenters. The van der Waals surface area contributed by atoms with Crippen molar-refractivity contribution in [3.05, 3.63) is 107 Å². The molecule has 2 fully saturated rings. The molecule has 1 aliphatic heterocycles. The van der Waals surface area contributed by atoms with Crippen molar-refractivity contribution in [1.82, 2.24) is 15.1 Å². The van der Waals surface area contributed by atoms with E-state index in [0.29, 0.717) is 41.3 Å². The van der Waals surface area contributed by atoms with Crippen LogP contribution in [0.15, 0.2) is 78.9 Å². The van der Waals surface area contributed by atoms with Gasteiger partial charge in [0.2, 0.25) is 15.9 Å². The summed E-state index contributed by atoms with van der Waals surface area (Å²) in [5, 5.41) is 6.67. The number of likely N-dealkylation sites (tertiary alicyclic amines) is 1. The Labute approximate surface area is 270 Å². The first-order chi connectivity index (χ1) is 22.4. The number of sulfonamides is 1. The summed E-state index contributed by atoms with van der Waals surface area (Å²) in [4.78, 5) is 15.5. The van der Waals surface area contributed by atoms with Gasteiger partial charge in [0.1, 0.15) is 11.5 Å². The highest BCUT2D eigenvalue weighted by atomic mass is 32.2. The van der Waals surface area contributed by atoms with E-state index in [1.165, 1.54) is 0 Å². The predicted octanol–water partition coefficient (Wildman–Crippen LogP) is 7.10. The van der Waals surface area contributed by atoms with Crippen LogP contribution in [0.5, 0.6) is 17.4 Å². The lowest BCUT2D eigenvalue weighted by Crippen LogP contribution is -2.38. The van der Waals surface area contributed by atoms with Crippen LogP contribution in [0.25, 0.3) is 0 Å².